The van der Waals surface area contributed by atoms with Gasteiger partial charge in [-0.05, 0) is 31.0 Å². The van der Waals surface area contributed by atoms with Gasteiger partial charge in [-0.1, -0.05) is 12.1 Å². The van der Waals surface area contributed by atoms with E-state index in [-0.39, 0.29) is 12.5 Å². The van der Waals surface area contributed by atoms with Gasteiger partial charge in [-0.2, -0.15) is 5.26 Å². The van der Waals surface area contributed by atoms with E-state index in [0.717, 1.165) is 5.56 Å². The van der Waals surface area contributed by atoms with Crippen LogP contribution in [0.5, 0.6) is 0 Å². The van der Waals surface area contributed by atoms with Crippen molar-refractivity contribution in [2.75, 3.05) is 11.9 Å². The van der Waals surface area contributed by atoms with Crippen LogP contribution in [0, 0.1) is 17.2 Å². The number of nitrogens with one attached hydrogen (secondary N) is 1. The lowest BCUT2D eigenvalue weighted by Gasteiger charge is -2.06. The first-order chi connectivity index (χ1) is 7.67. The Labute approximate surface area is 94.5 Å². The summed E-state index contributed by atoms with van der Waals surface area (Å²) in [4.78, 5) is 11.4. The Kier molecular flexibility index (Phi) is 4.49. The molecule has 0 spiro atoms. The molecule has 0 aliphatic carbocycles. The van der Waals surface area contributed by atoms with Crippen molar-refractivity contribution in [2.24, 2.45) is 5.92 Å². The topological polar surface area (TPSA) is 73.1 Å². The zero-order valence-corrected chi connectivity index (χ0v) is 9.10. The number of hydrogen-bond acceptors (Lipinski definition) is 3. The summed E-state index contributed by atoms with van der Waals surface area (Å²) in [5.74, 6) is -0.963. The van der Waals surface area contributed by atoms with Gasteiger partial charge in [-0.25, -0.2) is 0 Å². The number of carbonyl (C=O) groups is 1. The van der Waals surface area contributed by atoms with Crippen LogP contribution in [0.15, 0.2) is 24.3 Å². The predicted octanol–water partition coefficient (Wildman–Crippen LogP) is 1.32. The quantitative estimate of drug-likeness (QED) is 0.800. The highest BCUT2D eigenvalue weighted by molar-refractivity contribution is 5.93. The molecule has 0 aliphatic heterocycles. The van der Waals surface area contributed by atoms with E-state index < -0.39 is 5.92 Å². The van der Waals surface area contributed by atoms with E-state index in [1.807, 2.05) is 18.2 Å². The summed E-state index contributed by atoms with van der Waals surface area (Å²) in [6.07, 6.45) is 0.600. The Morgan fingerprint density at radius 1 is 1.50 bits per heavy atom. The van der Waals surface area contributed by atoms with E-state index >= 15 is 0 Å². The smallest absolute Gasteiger partial charge is 0.241 e. The molecule has 4 nitrogen and oxygen atoms in total. The van der Waals surface area contributed by atoms with Crippen LogP contribution in [0.25, 0.3) is 0 Å². The number of hydrogen-bond donors (Lipinski definition) is 2. The first-order valence-corrected chi connectivity index (χ1v) is 5.07. The van der Waals surface area contributed by atoms with Gasteiger partial charge >= 0.3 is 0 Å². The van der Waals surface area contributed by atoms with Crippen LogP contribution in [0.2, 0.25) is 0 Å². The van der Waals surface area contributed by atoms with Gasteiger partial charge in [-0.15, -0.1) is 0 Å². The molecule has 0 fully saturated rings. The van der Waals surface area contributed by atoms with E-state index in [4.69, 9.17) is 10.4 Å². The van der Waals surface area contributed by atoms with Crippen molar-refractivity contribution in [1.29, 1.82) is 5.26 Å². The second kappa shape index (κ2) is 5.89. The molecular weight excluding hydrogens is 204 g/mol. The molecule has 2 N–H and O–H groups in total. The third-order valence-electron chi connectivity index (χ3n) is 2.21. The number of anilines is 1. The summed E-state index contributed by atoms with van der Waals surface area (Å²) in [6, 6.07) is 9.06. The maximum Gasteiger partial charge on any atom is 0.241 e. The number of amides is 1. The maximum atomic E-state index is 11.4. The van der Waals surface area contributed by atoms with Crippen molar-refractivity contribution >= 4 is 11.6 Å². The van der Waals surface area contributed by atoms with Crippen LogP contribution in [0.1, 0.15) is 12.5 Å². The first kappa shape index (κ1) is 12.2. The molecule has 0 aromatic heterocycles. The molecule has 1 aromatic carbocycles. The van der Waals surface area contributed by atoms with Gasteiger partial charge in [0.05, 0.1) is 6.07 Å². The van der Waals surface area contributed by atoms with Crippen LogP contribution in [0.4, 0.5) is 5.69 Å². The van der Waals surface area contributed by atoms with Crippen LogP contribution in [-0.4, -0.2) is 17.6 Å². The summed E-state index contributed by atoms with van der Waals surface area (Å²) >= 11 is 0. The Morgan fingerprint density at radius 3 is 2.62 bits per heavy atom. The van der Waals surface area contributed by atoms with Crippen LogP contribution >= 0.6 is 0 Å². The molecule has 0 saturated carbocycles. The molecule has 1 aromatic rings. The summed E-state index contributed by atoms with van der Waals surface area (Å²) in [5.41, 5.74) is 1.67. The van der Waals surface area contributed by atoms with Gasteiger partial charge in [0.1, 0.15) is 5.92 Å². The highest BCUT2D eigenvalue weighted by Crippen LogP contribution is 2.11. The number of benzene rings is 1. The largest absolute Gasteiger partial charge is 0.396 e. The molecule has 0 bridgehead atoms. The number of aliphatic hydroxyl groups excluding tert-OH is 1. The molecule has 16 heavy (non-hydrogen) atoms. The summed E-state index contributed by atoms with van der Waals surface area (Å²) in [5, 5.41) is 19.9. The van der Waals surface area contributed by atoms with Gasteiger partial charge in [0, 0.05) is 12.3 Å². The van der Waals surface area contributed by atoms with Crippen molar-refractivity contribution in [3.63, 3.8) is 0 Å². The fourth-order valence-electron chi connectivity index (χ4n) is 1.19. The van der Waals surface area contributed by atoms with Crippen LogP contribution < -0.4 is 5.32 Å². The highest BCUT2D eigenvalue weighted by Gasteiger charge is 2.11. The molecule has 0 heterocycles. The van der Waals surface area contributed by atoms with Crippen LogP contribution in [-0.2, 0) is 11.2 Å². The number of nitrogens with zero attached hydrogens (tertiary/aromatic N) is 1. The Balaban J connectivity index is 2.62. The summed E-state index contributed by atoms with van der Waals surface area (Å²) in [6.45, 7) is 1.66. The maximum absolute atomic E-state index is 11.4. The minimum Gasteiger partial charge on any atom is -0.396 e. The van der Waals surface area contributed by atoms with Gasteiger partial charge < -0.3 is 10.4 Å². The van der Waals surface area contributed by atoms with E-state index in [0.29, 0.717) is 12.1 Å². The van der Waals surface area contributed by atoms with Gasteiger partial charge in [0.25, 0.3) is 0 Å². The number of nitriles is 1. The number of aliphatic hydroxyl groups is 1. The Bertz CT molecular complexity index is 392. The molecule has 0 saturated heterocycles. The molecule has 1 amide bonds. The van der Waals surface area contributed by atoms with E-state index in [9.17, 15) is 4.79 Å². The highest BCUT2D eigenvalue weighted by atomic mass is 16.2. The average Bonchev–Trinajstić information content (AvgIpc) is 2.31. The molecule has 84 valence electrons. The summed E-state index contributed by atoms with van der Waals surface area (Å²) < 4.78 is 0. The standard InChI is InChI=1S/C12H14N2O2/c1-9(8-13)12(16)14-11-4-2-10(3-5-11)6-7-15/h2-5,9,15H,6-7H2,1H3,(H,14,16). The van der Waals surface area contributed by atoms with E-state index in [1.165, 1.54) is 0 Å². The van der Waals surface area contributed by atoms with Crippen molar-refractivity contribution in [3.05, 3.63) is 29.8 Å². The fourth-order valence-corrected chi connectivity index (χ4v) is 1.19. The van der Waals surface area contributed by atoms with Crippen molar-refractivity contribution < 1.29 is 9.90 Å². The normalized spacial score (nSPS) is 11.6. The minimum atomic E-state index is -0.655. The molecule has 4 heteroatoms. The molecule has 1 atom stereocenters. The zero-order chi connectivity index (χ0) is 12.0. The van der Waals surface area contributed by atoms with Gasteiger partial charge in [0.15, 0.2) is 0 Å². The third kappa shape index (κ3) is 3.37. The van der Waals surface area contributed by atoms with Crippen molar-refractivity contribution in [1.82, 2.24) is 0 Å². The molecular formula is C12H14N2O2. The Hall–Kier alpha value is -1.86. The Morgan fingerprint density at radius 2 is 2.12 bits per heavy atom. The molecule has 1 rings (SSSR count). The van der Waals surface area contributed by atoms with E-state index in [2.05, 4.69) is 5.32 Å². The second-order valence-electron chi connectivity index (χ2n) is 3.51. The lowest BCUT2D eigenvalue weighted by molar-refractivity contribution is -0.117. The fraction of sp³-hybridized carbons (Fsp3) is 0.333. The average molecular weight is 218 g/mol. The van der Waals surface area contributed by atoms with Crippen molar-refractivity contribution in [3.8, 4) is 6.07 Å². The minimum absolute atomic E-state index is 0.108. The lowest BCUT2D eigenvalue weighted by atomic mass is 10.1. The van der Waals surface area contributed by atoms with Crippen LogP contribution in [0.3, 0.4) is 0 Å². The second-order valence-corrected chi connectivity index (χ2v) is 3.51. The first-order valence-electron chi connectivity index (χ1n) is 5.07. The number of carbonyl (C=O) groups excluding carboxylic acids is 1. The summed E-state index contributed by atoms with van der Waals surface area (Å²) in [7, 11) is 0. The molecule has 1 unspecified atom stereocenters. The van der Waals surface area contributed by atoms with Crippen molar-refractivity contribution in [2.45, 2.75) is 13.3 Å². The number of rotatable bonds is 4. The van der Waals surface area contributed by atoms with E-state index in [1.54, 1.807) is 19.1 Å². The third-order valence-corrected chi connectivity index (χ3v) is 2.21. The monoisotopic (exact) mass is 218 g/mol. The SMILES string of the molecule is CC(C#N)C(=O)Nc1ccc(CCO)cc1. The molecule has 0 radical (unpaired) electrons. The van der Waals surface area contributed by atoms with Gasteiger partial charge in [-0.3, -0.25) is 4.79 Å². The molecule has 0 aliphatic rings. The van der Waals surface area contributed by atoms with Gasteiger partial charge in [0.2, 0.25) is 5.91 Å². The predicted molar refractivity (Wildman–Crippen MR) is 60.6 cm³/mol. The zero-order valence-electron chi connectivity index (χ0n) is 9.10. The lowest BCUT2D eigenvalue weighted by Crippen LogP contribution is -2.18.